The van der Waals surface area contributed by atoms with Crippen LogP contribution in [0, 0.1) is 0 Å². The number of hydrogen-bond donors (Lipinski definition) is 2. The molecule has 0 saturated carbocycles. The molecule has 2 amide bonds. The second-order valence-electron chi connectivity index (χ2n) is 5.18. The van der Waals surface area contributed by atoms with E-state index in [9.17, 15) is 9.59 Å². The number of amides is 2. The maximum atomic E-state index is 12.3. The zero-order chi connectivity index (χ0) is 16.5. The Kier molecular flexibility index (Phi) is 6.83. The average Bonchev–Trinajstić information content (AvgIpc) is 2.61. The van der Waals surface area contributed by atoms with Gasteiger partial charge in [-0.3, -0.25) is 9.59 Å². The van der Waals surface area contributed by atoms with Crippen molar-refractivity contribution in [3.63, 3.8) is 0 Å². The van der Waals surface area contributed by atoms with Gasteiger partial charge in [0.1, 0.15) is 0 Å². The van der Waals surface area contributed by atoms with Crippen LogP contribution in [-0.2, 0) is 14.3 Å². The number of hydrogen-bond acceptors (Lipinski definition) is 5. The number of anilines is 1. The third-order valence-electron chi connectivity index (χ3n) is 3.51. The summed E-state index contributed by atoms with van der Waals surface area (Å²) in [5, 5.41) is 5.75. The molecule has 2 rings (SSSR count). The van der Waals surface area contributed by atoms with Crippen LogP contribution in [0.4, 0.5) is 5.69 Å². The van der Waals surface area contributed by atoms with Crippen LogP contribution < -0.4 is 10.6 Å². The second-order valence-corrected chi connectivity index (χ2v) is 5.18. The number of carbonyl (C=O) groups is 2. The van der Waals surface area contributed by atoms with Gasteiger partial charge in [0.2, 0.25) is 5.91 Å². The van der Waals surface area contributed by atoms with Gasteiger partial charge in [-0.15, -0.1) is 0 Å². The van der Waals surface area contributed by atoms with Gasteiger partial charge in [-0.1, -0.05) is 0 Å². The first-order valence-electron chi connectivity index (χ1n) is 7.67. The molecule has 0 aromatic heterocycles. The fraction of sp³-hybridized carbons (Fsp3) is 0.500. The molecular weight excluding hydrogens is 298 g/mol. The van der Waals surface area contributed by atoms with E-state index in [0.717, 1.165) is 5.69 Å². The van der Waals surface area contributed by atoms with Crippen LogP contribution >= 0.6 is 0 Å². The summed E-state index contributed by atoms with van der Waals surface area (Å²) in [5.74, 6) is -0.0901. The smallest absolute Gasteiger partial charge is 0.254 e. The maximum absolute atomic E-state index is 12.3. The predicted octanol–water partition coefficient (Wildman–Crippen LogP) is 0.334. The van der Waals surface area contributed by atoms with Crippen molar-refractivity contribution in [3.8, 4) is 0 Å². The van der Waals surface area contributed by atoms with E-state index in [0.29, 0.717) is 45.0 Å². The van der Waals surface area contributed by atoms with E-state index in [1.54, 1.807) is 36.3 Å². The summed E-state index contributed by atoms with van der Waals surface area (Å²) < 4.78 is 10.1. The molecule has 1 aliphatic rings. The van der Waals surface area contributed by atoms with Gasteiger partial charge in [-0.25, -0.2) is 0 Å². The molecule has 126 valence electrons. The zero-order valence-corrected chi connectivity index (χ0v) is 13.3. The third kappa shape index (κ3) is 5.54. The first kappa shape index (κ1) is 17.2. The van der Waals surface area contributed by atoms with Crippen LogP contribution in [0.25, 0.3) is 0 Å². The molecule has 0 aliphatic carbocycles. The Hall–Kier alpha value is -2.12. The number of nitrogens with zero attached hydrogens (tertiary/aromatic N) is 1. The van der Waals surface area contributed by atoms with Crippen molar-refractivity contribution in [2.45, 2.75) is 0 Å². The molecule has 1 aliphatic heterocycles. The van der Waals surface area contributed by atoms with Crippen LogP contribution in [0.1, 0.15) is 10.4 Å². The molecule has 7 heteroatoms. The lowest BCUT2D eigenvalue weighted by atomic mass is 10.1. The van der Waals surface area contributed by atoms with Crippen molar-refractivity contribution in [1.82, 2.24) is 10.2 Å². The highest BCUT2D eigenvalue weighted by Crippen LogP contribution is 2.12. The molecule has 1 heterocycles. The SMILES string of the molecule is COCCNC(=O)CNc1ccc(C(=O)N2CCOCC2)cc1. The Labute approximate surface area is 135 Å². The summed E-state index contributed by atoms with van der Waals surface area (Å²) in [7, 11) is 1.59. The fourth-order valence-electron chi connectivity index (χ4n) is 2.22. The largest absolute Gasteiger partial charge is 0.383 e. The van der Waals surface area contributed by atoms with Crippen LogP contribution in [0.5, 0.6) is 0 Å². The molecule has 23 heavy (non-hydrogen) atoms. The van der Waals surface area contributed by atoms with Gasteiger partial charge in [-0.2, -0.15) is 0 Å². The van der Waals surface area contributed by atoms with E-state index in [1.165, 1.54) is 0 Å². The van der Waals surface area contributed by atoms with Crippen LogP contribution in [0.3, 0.4) is 0 Å². The standard InChI is InChI=1S/C16H23N3O4/c1-22-9-6-17-15(20)12-18-14-4-2-13(3-5-14)16(21)19-7-10-23-11-8-19/h2-5,18H,6-12H2,1H3,(H,17,20). The highest BCUT2D eigenvalue weighted by atomic mass is 16.5. The van der Waals surface area contributed by atoms with E-state index >= 15 is 0 Å². The van der Waals surface area contributed by atoms with Crippen molar-refractivity contribution in [1.29, 1.82) is 0 Å². The molecule has 0 atom stereocenters. The van der Waals surface area contributed by atoms with Crippen molar-refractivity contribution in [2.75, 3.05) is 58.4 Å². The normalized spacial score (nSPS) is 14.4. The summed E-state index contributed by atoms with van der Waals surface area (Å²) in [5.41, 5.74) is 1.44. The van der Waals surface area contributed by atoms with E-state index in [2.05, 4.69) is 10.6 Å². The number of rotatable bonds is 7. The quantitative estimate of drug-likeness (QED) is 0.708. The molecule has 1 aromatic carbocycles. The molecule has 1 aromatic rings. The number of nitrogens with one attached hydrogen (secondary N) is 2. The van der Waals surface area contributed by atoms with Crippen molar-refractivity contribution in [3.05, 3.63) is 29.8 Å². The Morgan fingerprint density at radius 1 is 1.22 bits per heavy atom. The summed E-state index contributed by atoms with van der Waals surface area (Å²) in [6.45, 7) is 3.59. The summed E-state index contributed by atoms with van der Waals surface area (Å²) >= 11 is 0. The number of carbonyl (C=O) groups excluding carboxylic acids is 2. The number of benzene rings is 1. The molecule has 0 radical (unpaired) electrons. The van der Waals surface area contributed by atoms with Gasteiger partial charge < -0.3 is 25.0 Å². The predicted molar refractivity (Wildman–Crippen MR) is 86.5 cm³/mol. The molecule has 7 nitrogen and oxygen atoms in total. The number of morpholine rings is 1. The first-order valence-corrected chi connectivity index (χ1v) is 7.67. The van der Waals surface area contributed by atoms with Crippen molar-refractivity contribution < 1.29 is 19.1 Å². The zero-order valence-electron chi connectivity index (χ0n) is 13.3. The van der Waals surface area contributed by atoms with Gasteiger partial charge in [0.25, 0.3) is 5.91 Å². The second kappa shape index (κ2) is 9.12. The Bertz CT molecular complexity index is 513. The molecule has 1 fully saturated rings. The lowest BCUT2D eigenvalue weighted by Crippen LogP contribution is -2.40. The lowest BCUT2D eigenvalue weighted by Gasteiger charge is -2.26. The molecule has 1 saturated heterocycles. The highest BCUT2D eigenvalue weighted by molar-refractivity contribution is 5.94. The highest BCUT2D eigenvalue weighted by Gasteiger charge is 2.18. The minimum atomic E-state index is -0.101. The van der Waals surface area contributed by atoms with E-state index < -0.39 is 0 Å². The third-order valence-corrected chi connectivity index (χ3v) is 3.51. The topological polar surface area (TPSA) is 79.9 Å². The molecule has 0 spiro atoms. The monoisotopic (exact) mass is 321 g/mol. The summed E-state index contributed by atoms with van der Waals surface area (Å²) in [6, 6.07) is 7.14. The number of methoxy groups -OCH3 is 1. The summed E-state index contributed by atoms with van der Waals surface area (Å²) in [4.78, 5) is 25.7. The first-order chi connectivity index (χ1) is 11.2. The van der Waals surface area contributed by atoms with E-state index in [-0.39, 0.29) is 18.4 Å². The van der Waals surface area contributed by atoms with Gasteiger partial charge >= 0.3 is 0 Å². The Balaban J connectivity index is 1.79. The molecule has 2 N–H and O–H groups in total. The number of ether oxygens (including phenoxy) is 2. The molecule has 0 unspecified atom stereocenters. The van der Waals surface area contributed by atoms with Crippen molar-refractivity contribution >= 4 is 17.5 Å². The Morgan fingerprint density at radius 2 is 1.91 bits per heavy atom. The Morgan fingerprint density at radius 3 is 2.57 bits per heavy atom. The minimum Gasteiger partial charge on any atom is -0.383 e. The van der Waals surface area contributed by atoms with Crippen LogP contribution in [0.15, 0.2) is 24.3 Å². The maximum Gasteiger partial charge on any atom is 0.254 e. The minimum absolute atomic E-state index is 0.0113. The van der Waals surface area contributed by atoms with Crippen molar-refractivity contribution in [2.24, 2.45) is 0 Å². The lowest BCUT2D eigenvalue weighted by molar-refractivity contribution is -0.119. The van der Waals surface area contributed by atoms with E-state index in [1.807, 2.05) is 0 Å². The van der Waals surface area contributed by atoms with Gasteiger partial charge in [0, 0.05) is 38.0 Å². The van der Waals surface area contributed by atoms with Crippen LogP contribution in [0.2, 0.25) is 0 Å². The van der Waals surface area contributed by atoms with E-state index in [4.69, 9.17) is 9.47 Å². The molecule has 0 bridgehead atoms. The molecular formula is C16H23N3O4. The fourth-order valence-corrected chi connectivity index (χ4v) is 2.22. The van der Waals surface area contributed by atoms with Gasteiger partial charge in [0.15, 0.2) is 0 Å². The van der Waals surface area contributed by atoms with Gasteiger partial charge in [0.05, 0.1) is 26.4 Å². The average molecular weight is 321 g/mol. The van der Waals surface area contributed by atoms with Crippen LogP contribution in [-0.4, -0.2) is 69.8 Å². The summed E-state index contributed by atoms with van der Waals surface area (Å²) in [6.07, 6.45) is 0. The van der Waals surface area contributed by atoms with Gasteiger partial charge in [-0.05, 0) is 24.3 Å².